The van der Waals surface area contributed by atoms with Crippen molar-refractivity contribution in [1.82, 2.24) is 15.3 Å². The molecular weight excluding hydrogens is 212 g/mol. The number of anilines is 1. The number of benzene rings is 1. The lowest BCUT2D eigenvalue weighted by Gasteiger charge is -2.04. The number of nitrogen functional groups attached to an aromatic ring is 1. The molecule has 0 atom stereocenters. The van der Waals surface area contributed by atoms with Gasteiger partial charge in [0.1, 0.15) is 0 Å². The van der Waals surface area contributed by atoms with Crippen LogP contribution in [-0.4, -0.2) is 16.5 Å². The molecule has 1 heterocycles. The summed E-state index contributed by atoms with van der Waals surface area (Å²) >= 11 is 0. The summed E-state index contributed by atoms with van der Waals surface area (Å²) in [5, 5.41) is 3.35. The van der Waals surface area contributed by atoms with Crippen molar-refractivity contribution in [2.24, 2.45) is 0 Å². The molecule has 3 N–H and O–H groups in total. The predicted molar refractivity (Wildman–Crippen MR) is 68.3 cm³/mol. The summed E-state index contributed by atoms with van der Waals surface area (Å²) < 4.78 is 0. The lowest BCUT2D eigenvalue weighted by Crippen LogP contribution is -2.17. The Morgan fingerprint density at radius 2 is 1.71 bits per heavy atom. The minimum absolute atomic E-state index is 0.318. The third-order valence-corrected chi connectivity index (χ3v) is 2.49. The summed E-state index contributed by atoms with van der Waals surface area (Å²) in [5.41, 5.74) is 7.80. The van der Waals surface area contributed by atoms with Crippen LogP contribution in [0.15, 0.2) is 42.7 Å². The molecule has 0 aliphatic heterocycles. The smallest absolute Gasteiger partial charge is 0.219 e. The Labute approximate surface area is 101 Å². The van der Waals surface area contributed by atoms with Crippen molar-refractivity contribution >= 4 is 5.95 Å². The number of hydrogen-bond acceptors (Lipinski definition) is 4. The highest BCUT2D eigenvalue weighted by molar-refractivity contribution is 5.17. The van der Waals surface area contributed by atoms with E-state index in [-0.39, 0.29) is 0 Å². The van der Waals surface area contributed by atoms with Gasteiger partial charge in [0.25, 0.3) is 0 Å². The zero-order valence-corrected chi connectivity index (χ0v) is 9.63. The largest absolute Gasteiger partial charge is 0.368 e. The van der Waals surface area contributed by atoms with Crippen molar-refractivity contribution < 1.29 is 0 Å². The molecule has 0 amide bonds. The predicted octanol–water partition coefficient (Wildman–Crippen LogP) is 1.39. The molecule has 0 fully saturated rings. The van der Waals surface area contributed by atoms with Crippen molar-refractivity contribution in [1.29, 1.82) is 0 Å². The molecule has 17 heavy (non-hydrogen) atoms. The monoisotopic (exact) mass is 228 g/mol. The van der Waals surface area contributed by atoms with Crippen LogP contribution in [0.25, 0.3) is 0 Å². The summed E-state index contributed by atoms with van der Waals surface area (Å²) in [7, 11) is 0. The van der Waals surface area contributed by atoms with Gasteiger partial charge in [0.05, 0.1) is 0 Å². The minimum atomic E-state index is 0.318. The van der Waals surface area contributed by atoms with E-state index in [0.29, 0.717) is 5.95 Å². The fraction of sp³-hybridized carbons (Fsp3) is 0.231. The molecule has 0 bridgehead atoms. The summed E-state index contributed by atoms with van der Waals surface area (Å²) in [6.45, 7) is 1.71. The molecule has 0 spiro atoms. The van der Waals surface area contributed by atoms with Gasteiger partial charge in [0.15, 0.2) is 0 Å². The zero-order valence-electron chi connectivity index (χ0n) is 9.63. The third kappa shape index (κ3) is 3.85. The van der Waals surface area contributed by atoms with Gasteiger partial charge in [-0.25, -0.2) is 9.97 Å². The van der Waals surface area contributed by atoms with Crippen molar-refractivity contribution in [3.8, 4) is 0 Å². The van der Waals surface area contributed by atoms with Gasteiger partial charge in [-0.15, -0.1) is 0 Å². The van der Waals surface area contributed by atoms with E-state index in [9.17, 15) is 0 Å². The van der Waals surface area contributed by atoms with Crippen LogP contribution >= 0.6 is 0 Å². The van der Waals surface area contributed by atoms with Gasteiger partial charge in [-0.3, -0.25) is 0 Å². The van der Waals surface area contributed by atoms with E-state index in [2.05, 4.69) is 39.6 Å². The standard InChI is InChI=1S/C13H16N4/c14-13-16-9-12(10-17-13)8-15-7-6-11-4-2-1-3-5-11/h1-5,9-10,15H,6-8H2,(H2,14,16,17). The van der Waals surface area contributed by atoms with Gasteiger partial charge in [-0.05, 0) is 18.5 Å². The zero-order chi connectivity index (χ0) is 11.9. The Balaban J connectivity index is 1.71. The first-order valence-electron chi connectivity index (χ1n) is 5.65. The van der Waals surface area contributed by atoms with Crippen molar-refractivity contribution in [2.75, 3.05) is 12.3 Å². The average Bonchev–Trinajstić information content (AvgIpc) is 2.38. The molecule has 4 heteroatoms. The van der Waals surface area contributed by atoms with Gasteiger partial charge < -0.3 is 11.1 Å². The second kappa shape index (κ2) is 5.96. The second-order valence-electron chi connectivity index (χ2n) is 3.86. The lowest BCUT2D eigenvalue weighted by atomic mass is 10.1. The molecule has 1 aromatic carbocycles. The summed E-state index contributed by atoms with van der Waals surface area (Å²) in [6, 6.07) is 10.4. The normalized spacial score (nSPS) is 10.4. The number of rotatable bonds is 5. The molecule has 0 aliphatic carbocycles. The van der Waals surface area contributed by atoms with Crippen LogP contribution in [-0.2, 0) is 13.0 Å². The van der Waals surface area contributed by atoms with E-state index < -0.39 is 0 Å². The van der Waals surface area contributed by atoms with Crippen LogP contribution in [0.2, 0.25) is 0 Å². The number of aromatic nitrogens is 2. The number of hydrogen-bond donors (Lipinski definition) is 2. The van der Waals surface area contributed by atoms with Crippen LogP contribution < -0.4 is 11.1 Å². The maximum absolute atomic E-state index is 5.41. The average molecular weight is 228 g/mol. The molecule has 0 saturated carbocycles. The van der Waals surface area contributed by atoms with Gasteiger partial charge in [0, 0.05) is 24.5 Å². The molecule has 0 unspecified atom stereocenters. The quantitative estimate of drug-likeness (QED) is 0.759. The maximum atomic E-state index is 5.41. The fourth-order valence-electron chi connectivity index (χ4n) is 1.57. The highest BCUT2D eigenvalue weighted by atomic mass is 15.0. The van der Waals surface area contributed by atoms with E-state index in [1.54, 1.807) is 12.4 Å². The van der Waals surface area contributed by atoms with Crippen molar-refractivity contribution in [3.05, 3.63) is 53.9 Å². The van der Waals surface area contributed by atoms with Gasteiger partial charge in [-0.2, -0.15) is 0 Å². The molecule has 0 aliphatic rings. The van der Waals surface area contributed by atoms with Crippen molar-refractivity contribution in [2.45, 2.75) is 13.0 Å². The van der Waals surface area contributed by atoms with E-state index in [0.717, 1.165) is 25.1 Å². The van der Waals surface area contributed by atoms with Crippen LogP contribution in [0.1, 0.15) is 11.1 Å². The Morgan fingerprint density at radius 3 is 2.41 bits per heavy atom. The second-order valence-corrected chi connectivity index (χ2v) is 3.86. The molecule has 4 nitrogen and oxygen atoms in total. The first kappa shape index (κ1) is 11.5. The molecule has 1 aromatic heterocycles. The van der Waals surface area contributed by atoms with Crippen LogP contribution in [0.3, 0.4) is 0 Å². The highest BCUT2D eigenvalue weighted by Crippen LogP contribution is 1.99. The van der Waals surface area contributed by atoms with Crippen molar-refractivity contribution in [3.63, 3.8) is 0 Å². The van der Waals surface area contributed by atoms with E-state index >= 15 is 0 Å². The van der Waals surface area contributed by atoms with E-state index in [1.807, 2.05) is 6.07 Å². The summed E-state index contributed by atoms with van der Waals surface area (Å²) in [6.07, 6.45) is 4.52. The van der Waals surface area contributed by atoms with Gasteiger partial charge in [0.2, 0.25) is 5.95 Å². The van der Waals surface area contributed by atoms with Crippen LogP contribution in [0, 0.1) is 0 Å². The molecule has 2 aromatic rings. The SMILES string of the molecule is Nc1ncc(CNCCc2ccccc2)cn1. The number of nitrogens with two attached hydrogens (primary N) is 1. The third-order valence-electron chi connectivity index (χ3n) is 2.49. The maximum Gasteiger partial charge on any atom is 0.219 e. The van der Waals surface area contributed by atoms with Gasteiger partial charge in [-0.1, -0.05) is 30.3 Å². The summed E-state index contributed by atoms with van der Waals surface area (Å²) in [4.78, 5) is 7.89. The Kier molecular flexibility index (Phi) is 4.05. The molecule has 2 rings (SSSR count). The first-order valence-corrected chi connectivity index (χ1v) is 5.65. The van der Waals surface area contributed by atoms with Gasteiger partial charge >= 0.3 is 0 Å². The molecular formula is C13H16N4. The molecule has 0 saturated heterocycles. The number of nitrogens with zero attached hydrogens (tertiary/aromatic N) is 2. The topological polar surface area (TPSA) is 63.8 Å². The van der Waals surface area contributed by atoms with Crippen LogP contribution in [0.5, 0.6) is 0 Å². The van der Waals surface area contributed by atoms with E-state index in [1.165, 1.54) is 5.56 Å². The molecule has 0 radical (unpaired) electrons. The Bertz CT molecular complexity index is 439. The Hall–Kier alpha value is -1.94. The number of nitrogens with one attached hydrogen (secondary N) is 1. The Morgan fingerprint density at radius 1 is 1.00 bits per heavy atom. The first-order chi connectivity index (χ1) is 8.34. The fourth-order valence-corrected chi connectivity index (χ4v) is 1.57. The minimum Gasteiger partial charge on any atom is -0.368 e. The highest BCUT2D eigenvalue weighted by Gasteiger charge is 1.95. The molecule has 88 valence electrons. The summed E-state index contributed by atoms with van der Waals surface area (Å²) in [5.74, 6) is 0.318. The van der Waals surface area contributed by atoms with Crippen LogP contribution in [0.4, 0.5) is 5.95 Å². The lowest BCUT2D eigenvalue weighted by molar-refractivity contribution is 0.683. The van der Waals surface area contributed by atoms with E-state index in [4.69, 9.17) is 5.73 Å².